The molecule has 0 saturated heterocycles. The van der Waals surface area contributed by atoms with Crippen molar-refractivity contribution in [1.29, 1.82) is 0 Å². The zero-order valence-corrected chi connectivity index (χ0v) is 12.1. The maximum Gasteiger partial charge on any atom is 0.169 e. The third-order valence-electron chi connectivity index (χ3n) is 2.48. The van der Waals surface area contributed by atoms with Gasteiger partial charge in [-0.15, -0.1) is 0 Å². The van der Waals surface area contributed by atoms with E-state index in [2.05, 4.69) is 11.1 Å². The highest BCUT2D eigenvalue weighted by atomic mass is 32.2. The molecule has 0 aliphatic heterocycles. The van der Waals surface area contributed by atoms with Crippen molar-refractivity contribution >= 4 is 10.1 Å². The fourth-order valence-corrected chi connectivity index (χ4v) is 2.25. The number of benzene rings is 1. The van der Waals surface area contributed by atoms with Crippen LogP contribution in [-0.2, 0) is 16.7 Å². The van der Waals surface area contributed by atoms with Crippen molar-refractivity contribution < 1.29 is 17.5 Å². The summed E-state index contributed by atoms with van der Waals surface area (Å²) in [5.74, 6) is 0. The standard InChI is InChI=1S/C8H10N.C7H8O3S/c1-2-6-9-7-4-3-5-8-9;1-6-4-2-3-5-7(6)11(8,9)10/h2-5,7-8H,1,6H2;2-5H,1H3,(H,8,9,10)/q+1;/p-1. The third kappa shape index (κ3) is 5.34. The zero-order valence-electron chi connectivity index (χ0n) is 11.3. The maximum atomic E-state index is 10.5. The van der Waals surface area contributed by atoms with Crippen molar-refractivity contribution in [2.45, 2.75) is 18.4 Å². The summed E-state index contributed by atoms with van der Waals surface area (Å²) in [4.78, 5) is -0.139. The Hall–Kier alpha value is -1.98. The van der Waals surface area contributed by atoms with Gasteiger partial charge in [0, 0.05) is 12.1 Å². The molecule has 0 bridgehead atoms. The molecule has 0 unspecified atom stereocenters. The Kier molecular flexibility index (Phi) is 6.09. The van der Waals surface area contributed by atoms with Gasteiger partial charge in [-0.1, -0.05) is 30.8 Å². The van der Waals surface area contributed by atoms with Crippen LogP contribution in [0.1, 0.15) is 5.56 Å². The van der Waals surface area contributed by atoms with E-state index in [0.29, 0.717) is 5.56 Å². The van der Waals surface area contributed by atoms with Gasteiger partial charge in [0.25, 0.3) is 0 Å². The normalized spacial score (nSPS) is 10.3. The number of rotatable bonds is 3. The van der Waals surface area contributed by atoms with Crippen LogP contribution in [0.5, 0.6) is 0 Å². The Bertz CT molecular complexity index is 652. The first-order valence-electron chi connectivity index (χ1n) is 6.01. The van der Waals surface area contributed by atoms with Crippen LogP contribution in [0.4, 0.5) is 0 Å². The number of nitrogens with zero attached hydrogens (tertiary/aromatic N) is 1. The van der Waals surface area contributed by atoms with Crippen molar-refractivity contribution in [1.82, 2.24) is 0 Å². The minimum Gasteiger partial charge on any atom is -0.744 e. The van der Waals surface area contributed by atoms with Gasteiger partial charge in [-0.3, -0.25) is 0 Å². The van der Waals surface area contributed by atoms with E-state index in [1.807, 2.05) is 36.7 Å². The van der Waals surface area contributed by atoms with Crippen molar-refractivity contribution in [3.63, 3.8) is 0 Å². The Labute approximate surface area is 119 Å². The number of aryl methyl sites for hydroxylation is 1. The molecule has 0 amide bonds. The Balaban J connectivity index is 0.000000204. The summed E-state index contributed by atoms with van der Waals surface area (Å²) >= 11 is 0. The molecular weight excluding hydrogens is 274 g/mol. The van der Waals surface area contributed by atoms with Crippen molar-refractivity contribution in [2.75, 3.05) is 0 Å². The van der Waals surface area contributed by atoms with E-state index in [0.717, 1.165) is 6.54 Å². The molecule has 0 atom stereocenters. The second-order valence-corrected chi connectivity index (χ2v) is 5.43. The van der Waals surface area contributed by atoms with Crippen LogP contribution < -0.4 is 4.57 Å². The van der Waals surface area contributed by atoms with E-state index in [9.17, 15) is 13.0 Å². The lowest BCUT2D eigenvalue weighted by Crippen LogP contribution is -2.30. The van der Waals surface area contributed by atoms with Crippen LogP contribution >= 0.6 is 0 Å². The minimum absolute atomic E-state index is 0.139. The summed E-state index contributed by atoms with van der Waals surface area (Å²) < 4.78 is 33.6. The lowest BCUT2D eigenvalue weighted by Gasteiger charge is -2.08. The third-order valence-corrected chi connectivity index (χ3v) is 3.48. The predicted molar refractivity (Wildman–Crippen MR) is 76.0 cm³/mol. The summed E-state index contributed by atoms with van der Waals surface area (Å²) in [5.41, 5.74) is 0.488. The molecule has 0 radical (unpaired) electrons. The molecule has 20 heavy (non-hydrogen) atoms. The summed E-state index contributed by atoms with van der Waals surface area (Å²) in [6, 6.07) is 12.1. The molecule has 2 aromatic rings. The maximum absolute atomic E-state index is 10.5. The minimum atomic E-state index is -4.28. The molecule has 5 heteroatoms. The molecule has 0 spiro atoms. The van der Waals surface area contributed by atoms with E-state index < -0.39 is 10.1 Å². The molecule has 1 aromatic carbocycles. The lowest BCUT2D eigenvalue weighted by molar-refractivity contribution is -0.687. The van der Waals surface area contributed by atoms with Gasteiger partial charge in [-0.25, -0.2) is 13.0 Å². The van der Waals surface area contributed by atoms with Crippen LogP contribution in [0.15, 0.2) is 72.4 Å². The van der Waals surface area contributed by atoms with Crippen molar-refractivity contribution in [3.05, 3.63) is 73.1 Å². The first-order valence-corrected chi connectivity index (χ1v) is 7.42. The average molecular weight is 291 g/mol. The first kappa shape index (κ1) is 16.1. The average Bonchev–Trinajstić information content (AvgIpc) is 2.40. The molecule has 4 nitrogen and oxygen atoms in total. The monoisotopic (exact) mass is 291 g/mol. The van der Waals surface area contributed by atoms with Crippen molar-refractivity contribution in [2.24, 2.45) is 0 Å². The number of pyridine rings is 1. The van der Waals surface area contributed by atoms with Gasteiger partial charge in [-0.2, -0.15) is 0 Å². The highest BCUT2D eigenvalue weighted by Gasteiger charge is 2.02. The highest BCUT2D eigenvalue weighted by molar-refractivity contribution is 7.85. The summed E-state index contributed by atoms with van der Waals surface area (Å²) in [5, 5.41) is 0. The van der Waals surface area contributed by atoms with Gasteiger partial charge in [0.15, 0.2) is 18.9 Å². The van der Waals surface area contributed by atoms with Gasteiger partial charge in [0.05, 0.1) is 4.90 Å². The van der Waals surface area contributed by atoms with E-state index in [1.54, 1.807) is 19.1 Å². The molecule has 2 rings (SSSR count). The Morgan fingerprint density at radius 1 is 1.15 bits per heavy atom. The molecular formula is C15H17NO3S. The molecule has 0 N–H and O–H groups in total. The molecule has 0 aliphatic carbocycles. The largest absolute Gasteiger partial charge is 0.744 e. The predicted octanol–water partition coefficient (Wildman–Crippen LogP) is 2.06. The van der Waals surface area contributed by atoms with Crippen LogP contribution in [0.25, 0.3) is 0 Å². The number of allylic oxidation sites excluding steroid dienone is 1. The summed E-state index contributed by atoms with van der Waals surface area (Å²) in [7, 11) is -4.28. The second-order valence-electron chi connectivity index (χ2n) is 4.08. The smallest absolute Gasteiger partial charge is 0.169 e. The van der Waals surface area contributed by atoms with Gasteiger partial charge in [0.2, 0.25) is 0 Å². The SMILES string of the molecule is C=CC[n+]1ccccc1.Cc1ccccc1S(=O)(=O)[O-]. The highest BCUT2D eigenvalue weighted by Crippen LogP contribution is 2.12. The quantitative estimate of drug-likeness (QED) is 0.494. The topological polar surface area (TPSA) is 61.1 Å². The lowest BCUT2D eigenvalue weighted by atomic mass is 10.2. The number of hydrogen-bond acceptors (Lipinski definition) is 3. The van der Waals surface area contributed by atoms with Crippen LogP contribution in [-0.4, -0.2) is 13.0 Å². The molecule has 0 fully saturated rings. The second kappa shape index (κ2) is 7.57. The van der Waals surface area contributed by atoms with Crippen molar-refractivity contribution in [3.8, 4) is 0 Å². The van der Waals surface area contributed by atoms with Crippen LogP contribution in [0.3, 0.4) is 0 Å². The van der Waals surface area contributed by atoms with E-state index in [4.69, 9.17) is 0 Å². The van der Waals surface area contributed by atoms with Gasteiger partial charge in [0.1, 0.15) is 10.1 Å². The molecule has 0 aliphatic rings. The number of hydrogen-bond donors (Lipinski definition) is 0. The zero-order chi connectivity index (χ0) is 15.0. The number of aromatic nitrogens is 1. The van der Waals surface area contributed by atoms with E-state index >= 15 is 0 Å². The molecule has 1 aromatic heterocycles. The fraction of sp³-hybridized carbons (Fsp3) is 0.133. The Morgan fingerprint density at radius 2 is 1.75 bits per heavy atom. The summed E-state index contributed by atoms with van der Waals surface area (Å²) in [6.45, 7) is 6.11. The summed E-state index contributed by atoms with van der Waals surface area (Å²) in [6.07, 6.45) is 5.91. The Morgan fingerprint density at radius 3 is 2.20 bits per heavy atom. The van der Waals surface area contributed by atoms with E-state index in [1.165, 1.54) is 12.1 Å². The first-order chi connectivity index (χ1) is 9.45. The van der Waals surface area contributed by atoms with Gasteiger partial charge >= 0.3 is 0 Å². The van der Waals surface area contributed by atoms with Crippen LogP contribution in [0.2, 0.25) is 0 Å². The van der Waals surface area contributed by atoms with Gasteiger partial charge < -0.3 is 4.55 Å². The molecule has 106 valence electrons. The van der Waals surface area contributed by atoms with Gasteiger partial charge in [-0.05, 0) is 24.6 Å². The fourth-order valence-electron chi connectivity index (χ4n) is 1.54. The van der Waals surface area contributed by atoms with E-state index in [-0.39, 0.29) is 4.90 Å². The van der Waals surface area contributed by atoms with Crippen LogP contribution in [0, 0.1) is 6.92 Å². The molecule has 0 saturated carbocycles. The molecule has 1 heterocycles.